The summed E-state index contributed by atoms with van der Waals surface area (Å²) < 4.78 is 1.99. The van der Waals surface area contributed by atoms with Gasteiger partial charge in [-0.3, -0.25) is 14.5 Å². The van der Waals surface area contributed by atoms with Gasteiger partial charge in [-0.2, -0.15) is 5.10 Å². The van der Waals surface area contributed by atoms with Crippen LogP contribution in [0.1, 0.15) is 12.5 Å². The zero-order valence-corrected chi connectivity index (χ0v) is 11.2. The van der Waals surface area contributed by atoms with Crippen LogP contribution in [0.25, 0.3) is 0 Å². The molecule has 96 valence electrons. The zero-order chi connectivity index (χ0) is 12.1. The molecule has 0 radical (unpaired) electrons. The van der Waals surface area contributed by atoms with Gasteiger partial charge in [-0.15, -0.1) is 11.6 Å². The van der Waals surface area contributed by atoms with E-state index < -0.39 is 0 Å². The van der Waals surface area contributed by atoms with Gasteiger partial charge in [0.15, 0.2) is 0 Å². The summed E-state index contributed by atoms with van der Waals surface area (Å²) in [6.45, 7) is 9.63. The van der Waals surface area contributed by atoms with E-state index in [2.05, 4.69) is 28.0 Å². The molecule has 1 fully saturated rings. The van der Waals surface area contributed by atoms with Crippen LogP contribution in [-0.4, -0.2) is 58.2 Å². The molecule has 0 aliphatic carbocycles. The van der Waals surface area contributed by atoms with Gasteiger partial charge in [0.1, 0.15) is 0 Å². The average Bonchev–Trinajstić information content (AvgIpc) is 2.80. The van der Waals surface area contributed by atoms with Crippen LogP contribution in [0.4, 0.5) is 0 Å². The van der Waals surface area contributed by atoms with Crippen molar-refractivity contribution in [2.45, 2.75) is 20.0 Å². The van der Waals surface area contributed by atoms with E-state index in [4.69, 9.17) is 11.6 Å². The van der Waals surface area contributed by atoms with Gasteiger partial charge in [0, 0.05) is 63.5 Å². The largest absolute Gasteiger partial charge is 0.300 e. The van der Waals surface area contributed by atoms with Crippen molar-refractivity contribution in [2.75, 3.05) is 38.6 Å². The quantitative estimate of drug-likeness (QED) is 0.742. The van der Waals surface area contributed by atoms with Crippen molar-refractivity contribution in [3.63, 3.8) is 0 Å². The van der Waals surface area contributed by atoms with E-state index in [1.54, 1.807) is 0 Å². The minimum absolute atomic E-state index is 0.739. The lowest BCUT2D eigenvalue weighted by molar-refractivity contribution is 0.132. The number of halogens is 1. The van der Waals surface area contributed by atoms with Gasteiger partial charge in [0.25, 0.3) is 0 Å². The van der Waals surface area contributed by atoms with Crippen molar-refractivity contribution in [1.29, 1.82) is 0 Å². The summed E-state index contributed by atoms with van der Waals surface area (Å²) >= 11 is 5.75. The second-order valence-corrected chi connectivity index (χ2v) is 4.89. The van der Waals surface area contributed by atoms with Crippen molar-refractivity contribution >= 4 is 11.6 Å². The Balaban J connectivity index is 1.77. The van der Waals surface area contributed by atoms with Crippen molar-refractivity contribution in [2.24, 2.45) is 0 Å². The first kappa shape index (κ1) is 12.9. The Morgan fingerprint density at radius 3 is 2.53 bits per heavy atom. The zero-order valence-electron chi connectivity index (χ0n) is 10.5. The molecule has 0 saturated carbocycles. The Morgan fingerprint density at radius 1 is 1.24 bits per heavy atom. The number of alkyl halides is 1. The number of rotatable bonds is 5. The van der Waals surface area contributed by atoms with Crippen molar-refractivity contribution in [3.8, 4) is 0 Å². The maximum Gasteiger partial charge on any atom is 0.0534 e. The fourth-order valence-corrected chi connectivity index (χ4v) is 2.45. The number of piperazine rings is 1. The second kappa shape index (κ2) is 6.38. The van der Waals surface area contributed by atoms with Crippen molar-refractivity contribution in [3.05, 3.63) is 18.0 Å². The standard InChI is InChI=1S/C12H21ClN4/c1-2-17-11-12(9-14-17)10-16-7-5-15(4-3-13)6-8-16/h9,11H,2-8,10H2,1H3. The fraction of sp³-hybridized carbons (Fsp3) is 0.750. The molecule has 2 heterocycles. The van der Waals surface area contributed by atoms with Gasteiger partial charge < -0.3 is 0 Å². The minimum Gasteiger partial charge on any atom is -0.300 e. The molecule has 1 aromatic heterocycles. The predicted octanol–water partition coefficient (Wildman–Crippen LogP) is 1.26. The van der Waals surface area contributed by atoms with Gasteiger partial charge in [0.05, 0.1) is 6.20 Å². The molecule has 17 heavy (non-hydrogen) atoms. The summed E-state index contributed by atoms with van der Waals surface area (Å²) in [5, 5.41) is 4.31. The van der Waals surface area contributed by atoms with Gasteiger partial charge in [-0.25, -0.2) is 0 Å². The summed E-state index contributed by atoms with van der Waals surface area (Å²) in [7, 11) is 0. The third kappa shape index (κ3) is 3.69. The summed E-state index contributed by atoms with van der Waals surface area (Å²) in [6, 6.07) is 0. The van der Waals surface area contributed by atoms with Crippen LogP contribution in [0.15, 0.2) is 12.4 Å². The first-order chi connectivity index (χ1) is 8.31. The van der Waals surface area contributed by atoms with E-state index in [-0.39, 0.29) is 0 Å². The maximum atomic E-state index is 5.75. The lowest BCUT2D eigenvalue weighted by Gasteiger charge is -2.34. The molecular formula is C12H21ClN4. The van der Waals surface area contributed by atoms with Gasteiger partial charge in [-0.1, -0.05) is 0 Å². The average molecular weight is 257 g/mol. The number of aromatic nitrogens is 2. The molecule has 4 nitrogen and oxygen atoms in total. The van der Waals surface area contributed by atoms with E-state index in [1.807, 2.05) is 10.9 Å². The summed E-state index contributed by atoms with van der Waals surface area (Å²) in [5.41, 5.74) is 1.32. The van der Waals surface area contributed by atoms with Crippen LogP contribution in [0.3, 0.4) is 0 Å². The number of hydrogen-bond acceptors (Lipinski definition) is 3. The molecule has 5 heteroatoms. The minimum atomic E-state index is 0.739. The molecule has 0 unspecified atom stereocenters. The fourth-order valence-electron chi connectivity index (χ4n) is 2.21. The predicted molar refractivity (Wildman–Crippen MR) is 70.3 cm³/mol. The molecule has 2 rings (SSSR count). The van der Waals surface area contributed by atoms with Crippen LogP contribution < -0.4 is 0 Å². The normalized spacial score (nSPS) is 18.7. The Hall–Kier alpha value is -0.580. The molecule has 0 atom stereocenters. The van der Waals surface area contributed by atoms with Crippen LogP contribution in [0, 0.1) is 0 Å². The Bertz CT molecular complexity index is 331. The first-order valence-corrected chi connectivity index (χ1v) is 6.87. The smallest absolute Gasteiger partial charge is 0.0534 e. The highest BCUT2D eigenvalue weighted by Crippen LogP contribution is 2.08. The SMILES string of the molecule is CCn1cc(CN2CCN(CCCl)CC2)cn1. The molecule has 1 saturated heterocycles. The highest BCUT2D eigenvalue weighted by molar-refractivity contribution is 6.18. The Labute approximate surface area is 108 Å². The molecule has 1 aliphatic rings. The number of nitrogens with zero attached hydrogens (tertiary/aromatic N) is 4. The van der Waals surface area contributed by atoms with Gasteiger partial charge in [-0.05, 0) is 6.92 Å². The lowest BCUT2D eigenvalue weighted by Crippen LogP contribution is -2.46. The van der Waals surface area contributed by atoms with E-state index >= 15 is 0 Å². The molecule has 0 amide bonds. The highest BCUT2D eigenvalue weighted by Gasteiger charge is 2.16. The molecule has 1 aliphatic heterocycles. The third-order valence-electron chi connectivity index (χ3n) is 3.28. The maximum absolute atomic E-state index is 5.75. The van der Waals surface area contributed by atoms with E-state index in [0.29, 0.717) is 0 Å². The topological polar surface area (TPSA) is 24.3 Å². The van der Waals surface area contributed by atoms with Crippen LogP contribution in [-0.2, 0) is 13.1 Å². The van der Waals surface area contributed by atoms with Crippen LogP contribution in [0.2, 0.25) is 0 Å². The number of aryl methyl sites for hydroxylation is 1. The summed E-state index contributed by atoms with van der Waals surface area (Å²) in [5.74, 6) is 0.739. The van der Waals surface area contributed by atoms with Gasteiger partial charge >= 0.3 is 0 Å². The first-order valence-electron chi connectivity index (χ1n) is 6.34. The lowest BCUT2D eigenvalue weighted by atomic mass is 10.2. The van der Waals surface area contributed by atoms with E-state index in [1.165, 1.54) is 5.56 Å². The van der Waals surface area contributed by atoms with E-state index in [9.17, 15) is 0 Å². The van der Waals surface area contributed by atoms with Crippen molar-refractivity contribution in [1.82, 2.24) is 19.6 Å². The molecule has 0 bridgehead atoms. The highest BCUT2D eigenvalue weighted by atomic mass is 35.5. The Kier molecular flexibility index (Phi) is 4.83. The molecule has 0 N–H and O–H groups in total. The van der Waals surface area contributed by atoms with Crippen LogP contribution >= 0.6 is 11.6 Å². The molecular weight excluding hydrogens is 236 g/mol. The molecule has 1 aromatic rings. The van der Waals surface area contributed by atoms with Crippen molar-refractivity contribution < 1.29 is 0 Å². The van der Waals surface area contributed by atoms with Gasteiger partial charge in [0.2, 0.25) is 0 Å². The van der Waals surface area contributed by atoms with E-state index in [0.717, 1.165) is 51.7 Å². The summed E-state index contributed by atoms with van der Waals surface area (Å²) in [6.07, 6.45) is 4.12. The molecule has 0 aromatic carbocycles. The third-order valence-corrected chi connectivity index (χ3v) is 3.45. The van der Waals surface area contributed by atoms with Crippen LogP contribution in [0.5, 0.6) is 0 Å². The summed E-state index contributed by atoms with van der Waals surface area (Å²) in [4.78, 5) is 4.92. The monoisotopic (exact) mass is 256 g/mol. The Morgan fingerprint density at radius 2 is 1.94 bits per heavy atom. The second-order valence-electron chi connectivity index (χ2n) is 4.51. The number of hydrogen-bond donors (Lipinski definition) is 0. The molecule has 0 spiro atoms.